The van der Waals surface area contributed by atoms with E-state index >= 15 is 0 Å². The molecule has 0 saturated carbocycles. The SMILES string of the molecule is c1ccc([Si]23c4cccc5cc6ccccc6c(c45)[Si]2(c2ccccc2)c2cccc4cc5ccccc5c3c24)cc1. The van der Waals surface area contributed by atoms with Crippen molar-refractivity contribution in [2.75, 3.05) is 0 Å². The van der Waals surface area contributed by atoms with E-state index in [-0.39, 0.29) is 0 Å². The lowest BCUT2D eigenvalue weighted by atomic mass is 10.0. The van der Waals surface area contributed by atoms with Gasteiger partial charge in [0.05, 0.1) is 0 Å². The first-order valence-electron chi connectivity index (χ1n) is 14.9. The van der Waals surface area contributed by atoms with Gasteiger partial charge in [0.2, 0.25) is 0 Å². The molecule has 10 rings (SSSR count). The molecule has 0 N–H and O–H groups in total. The van der Waals surface area contributed by atoms with Crippen LogP contribution in [0.4, 0.5) is 0 Å². The molecule has 2 aliphatic rings. The van der Waals surface area contributed by atoms with Crippen LogP contribution >= 0.6 is 0 Å². The normalized spacial score (nSPS) is 20.1. The number of hydrogen-bond acceptors (Lipinski definition) is 0. The Bertz CT molecular complexity index is 2240. The Morgan fingerprint density at radius 2 is 0.690 bits per heavy atom. The second-order valence-electron chi connectivity index (χ2n) is 12.0. The first-order valence-corrected chi connectivity index (χ1v) is 19.9. The molecule has 0 radical (unpaired) electrons. The fraction of sp³-hybridized carbons (Fsp3) is 0. The molecule has 0 aromatic heterocycles. The summed E-state index contributed by atoms with van der Waals surface area (Å²) in [5.41, 5.74) is 0. The highest BCUT2D eigenvalue weighted by Gasteiger charge is 2.70. The summed E-state index contributed by atoms with van der Waals surface area (Å²) < 4.78 is 0. The van der Waals surface area contributed by atoms with E-state index in [0.29, 0.717) is 0 Å². The second kappa shape index (κ2) is 7.95. The van der Waals surface area contributed by atoms with Crippen LogP contribution < -0.4 is 31.1 Å². The van der Waals surface area contributed by atoms with Gasteiger partial charge in [0.15, 0.2) is 15.2 Å². The molecule has 8 aromatic carbocycles. The minimum absolute atomic E-state index is 1.35. The molecule has 2 atom stereocenters. The van der Waals surface area contributed by atoms with Gasteiger partial charge < -0.3 is 0 Å². The van der Waals surface area contributed by atoms with Crippen molar-refractivity contribution in [2.45, 2.75) is 0 Å². The molecule has 2 heterocycles. The van der Waals surface area contributed by atoms with E-state index in [2.05, 4.69) is 158 Å². The smallest absolute Gasteiger partial charge is 0.0624 e. The largest absolute Gasteiger partial charge is 0.156 e. The topological polar surface area (TPSA) is 0 Å². The summed E-state index contributed by atoms with van der Waals surface area (Å²) in [6, 6.07) is 61.2. The molecule has 2 unspecified atom stereocenters. The third kappa shape index (κ3) is 2.43. The fourth-order valence-electron chi connectivity index (χ4n) is 9.11. The maximum Gasteiger partial charge on any atom is 0.156 e. The van der Waals surface area contributed by atoms with E-state index in [1.165, 1.54) is 43.1 Å². The van der Waals surface area contributed by atoms with Crippen molar-refractivity contribution in [1.29, 1.82) is 0 Å². The number of rotatable bonds is 2. The van der Waals surface area contributed by atoms with Crippen LogP contribution in [0.25, 0.3) is 43.1 Å². The Morgan fingerprint density at radius 3 is 1.14 bits per heavy atom. The van der Waals surface area contributed by atoms with Crippen molar-refractivity contribution < 1.29 is 0 Å². The van der Waals surface area contributed by atoms with Gasteiger partial charge in [-0.1, -0.05) is 156 Å². The van der Waals surface area contributed by atoms with E-state index in [9.17, 15) is 0 Å². The summed E-state index contributed by atoms with van der Waals surface area (Å²) >= 11 is 0. The zero-order valence-corrected chi connectivity index (χ0v) is 25.0. The summed E-state index contributed by atoms with van der Waals surface area (Å²) in [6.07, 6.45) is 0. The van der Waals surface area contributed by atoms with E-state index < -0.39 is 15.2 Å². The van der Waals surface area contributed by atoms with Gasteiger partial charge in [-0.15, -0.1) is 0 Å². The van der Waals surface area contributed by atoms with Crippen molar-refractivity contribution in [1.82, 2.24) is 0 Å². The van der Waals surface area contributed by atoms with Gasteiger partial charge in [-0.3, -0.25) is 0 Å². The van der Waals surface area contributed by atoms with Crippen molar-refractivity contribution in [3.63, 3.8) is 0 Å². The Balaban J connectivity index is 1.60. The first kappa shape index (κ1) is 22.9. The highest BCUT2D eigenvalue weighted by atomic mass is 29.3. The Hall–Kier alpha value is -4.77. The van der Waals surface area contributed by atoms with Crippen LogP contribution in [0.5, 0.6) is 0 Å². The zero-order valence-electron chi connectivity index (χ0n) is 23.0. The average molecular weight is 563 g/mol. The Morgan fingerprint density at radius 1 is 0.310 bits per heavy atom. The van der Waals surface area contributed by atoms with Gasteiger partial charge in [0.25, 0.3) is 0 Å². The maximum absolute atomic E-state index is 2.72. The van der Waals surface area contributed by atoms with E-state index in [1.54, 1.807) is 31.1 Å². The van der Waals surface area contributed by atoms with Gasteiger partial charge in [-0.2, -0.15) is 0 Å². The van der Waals surface area contributed by atoms with E-state index in [1.807, 2.05) is 0 Å². The lowest BCUT2D eigenvalue weighted by Gasteiger charge is -2.42. The summed E-state index contributed by atoms with van der Waals surface area (Å²) in [4.78, 5) is 0. The minimum Gasteiger partial charge on any atom is -0.0624 e. The van der Waals surface area contributed by atoms with Crippen LogP contribution in [0.3, 0.4) is 0 Å². The van der Waals surface area contributed by atoms with Crippen LogP contribution in [0.2, 0.25) is 0 Å². The summed E-state index contributed by atoms with van der Waals surface area (Å²) in [6.45, 7) is 0. The number of hydrogen-bond donors (Lipinski definition) is 0. The predicted octanol–water partition coefficient (Wildman–Crippen LogP) is 5.65. The Kier molecular flexibility index (Phi) is 4.33. The maximum atomic E-state index is 2.52. The fourth-order valence-corrected chi connectivity index (χ4v) is 30.5. The van der Waals surface area contributed by atoms with Gasteiger partial charge in [0.1, 0.15) is 0 Å². The molecule has 194 valence electrons. The minimum atomic E-state index is -2.72. The van der Waals surface area contributed by atoms with Gasteiger partial charge >= 0.3 is 0 Å². The lowest BCUT2D eigenvalue weighted by molar-refractivity contribution is 1.74. The molecule has 0 fully saturated rings. The van der Waals surface area contributed by atoms with Crippen molar-refractivity contribution >= 4 is 89.4 Å². The molecule has 42 heavy (non-hydrogen) atoms. The molecular weight excluding hydrogens is 537 g/mol. The molecular formula is C40H26Si2. The quantitative estimate of drug-likeness (QED) is 0.189. The highest BCUT2D eigenvalue weighted by molar-refractivity contribution is 7.71. The number of fused-ring (bicyclic) bond motifs is 9. The molecule has 2 heteroatoms. The van der Waals surface area contributed by atoms with Crippen LogP contribution in [0, 0.1) is 0 Å². The third-order valence-electron chi connectivity index (χ3n) is 10.3. The van der Waals surface area contributed by atoms with Gasteiger partial charge in [-0.25, -0.2) is 0 Å². The third-order valence-corrected chi connectivity index (χ3v) is 27.0. The number of benzene rings is 8. The molecule has 0 amide bonds. The zero-order chi connectivity index (χ0) is 27.5. The molecule has 0 spiro atoms. The van der Waals surface area contributed by atoms with Crippen LogP contribution in [-0.2, 0) is 0 Å². The molecule has 8 aromatic rings. The molecule has 0 nitrogen and oxygen atoms in total. The molecule has 0 bridgehead atoms. The molecule has 0 saturated heterocycles. The van der Waals surface area contributed by atoms with Crippen LogP contribution in [0.1, 0.15) is 0 Å². The predicted molar refractivity (Wildman–Crippen MR) is 185 cm³/mol. The first-order chi connectivity index (χ1) is 20.8. The lowest BCUT2D eigenvalue weighted by Crippen LogP contribution is -2.88. The summed E-state index contributed by atoms with van der Waals surface area (Å²) in [5.74, 6) is 0. The van der Waals surface area contributed by atoms with Gasteiger partial charge in [0, 0.05) is 0 Å². The van der Waals surface area contributed by atoms with Crippen molar-refractivity contribution in [3.05, 3.63) is 158 Å². The van der Waals surface area contributed by atoms with Crippen LogP contribution in [0.15, 0.2) is 158 Å². The standard InChI is InChI=1S/C40H26Si2/c1-3-17-31(18-4-1)41-35-23-11-15-29-26-28-14-8-10-22-34(28)40(37(29)35)42(41,32-19-5-2-6-20-32)36-24-12-16-30-25-27-13-7-9-21-33(27)39(41)38(30)36/h1-26H. The highest BCUT2D eigenvalue weighted by Crippen LogP contribution is 2.41. The van der Waals surface area contributed by atoms with Crippen LogP contribution in [-0.4, -0.2) is 15.2 Å². The van der Waals surface area contributed by atoms with E-state index in [4.69, 9.17) is 0 Å². The van der Waals surface area contributed by atoms with Gasteiger partial charge in [-0.05, 0) is 76.0 Å². The monoisotopic (exact) mass is 562 g/mol. The molecule has 2 aliphatic heterocycles. The van der Waals surface area contributed by atoms with E-state index in [0.717, 1.165) is 0 Å². The average Bonchev–Trinajstić information content (AvgIpc) is 3.50. The Labute approximate surface area is 246 Å². The van der Waals surface area contributed by atoms with Crippen molar-refractivity contribution in [3.8, 4) is 0 Å². The molecule has 0 aliphatic carbocycles. The van der Waals surface area contributed by atoms with Crippen molar-refractivity contribution in [2.24, 2.45) is 0 Å². The summed E-state index contributed by atoms with van der Waals surface area (Å²) in [7, 11) is -5.43. The summed E-state index contributed by atoms with van der Waals surface area (Å²) in [5, 5.41) is 21.0. The second-order valence-corrected chi connectivity index (χ2v) is 22.7.